The fourth-order valence-electron chi connectivity index (χ4n) is 3.14. The average molecular weight is 368 g/mol. The number of carbonyl (C=O) groups excluding carboxylic acids is 1. The van der Waals surface area contributed by atoms with Crippen molar-refractivity contribution in [2.75, 3.05) is 6.54 Å². The maximum atomic E-state index is 13.4. The Hall–Kier alpha value is -3.06. The van der Waals surface area contributed by atoms with Crippen molar-refractivity contribution in [1.82, 2.24) is 20.4 Å². The first-order chi connectivity index (χ1) is 13.0. The van der Waals surface area contributed by atoms with Gasteiger partial charge in [-0.05, 0) is 30.7 Å². The normalized spacial score (nSPS) is 16.1. The molecule has 0 radical (unpaired) electrons. The maximum Gasteiger partial charge on any atom is 0.269 e. The molecule has 1 amide bonds. The van der Waals surface area contributed by atoms with E-state index in [4.69, 9.17) is 0 Å². The summed E-state index contributed by atoms with van der Waals surface area (Å²) in [6, 6.07) is 13.0. The second-order valence-corrected chi connectivity index (χ2v) is 6.61. The van der Waals surface area contributed by atoms with Gasteiger partial charge in [-0.1, -0.05) is 29.8 Å². The van der Waals surface area contributed by atoms with Crippen LogP contribution in [0.2, 0.25) is 0 Å². The number of aryl methyl sites for hydroxylation is 1. The third-order valence-corrected chi connectivity index (χ3v) is 4.53. The molecular weight excluding hydrogens is 350 g/mol. The van der Waals surface area contributed by atoms with Crippen molar-refractivity contribution in [3.63, 3.8) is 0 Å². The molecule has 27 heavy (non-hydrogen) atoms. The average Bonchev–Trinajstić information content (AvgIpc) is 3.07. The molecule has 0 spiro atoms. The molecule has 1 aromatic heterocycles. The van der Waals surface area contributed by atoms with Gasteiger partial charge in [-0.15, -0.1) is 0 Å². The summed E-state index contributed by atoms with van der Waals surface area (Å²) >= 11 is 0. The fraction of sp³-hybridized carbons (Fsp3) is 0.200. The Morgan fingerprint density at radius 3 is 2.56 bits per heavy atom. The lowest BCUT2D eigenvalue weighted by molar-refractivity contribution is 0.0900. The molecular formula is C20H18F2N4O. The maximum absolute atomic E-state index is 13.4. The Bertz CT molecular complexity index is 977. The Morgan fingerprint density at radius 1 is 1.15 bits per heavy atom. The fourth-order valence-corrected chi connectivity index (χ4v) is 3.14. The summed E-state index contributed by atoms with van der Waals surface area (Å²) in [5.41, 5.74) is 3.69. The van der Waals surface area contributed by atoms with Gasteiger partial charge in [0, 0.05) is 18.2 Å². The van der Waals surface area contributed by atoms with E-state index in [2.05, 4.69) is 15.7 Å². The topological polar surface area (TPSA) is 59.0 Å². The molecule has 3 aromatic rings. The zero-order chi connectivity index (χ0) is 19.0. The van der Waals surface area contributed by atoms with Gasteiger partial charge < -0.3 is 5.32 Å². The van der Waals surface area contributed by atoms with Gasteiger partial charge in [0.1, 0.15) is 23.5 Å². The summed E-state index contributed by atoms with van der Waals surface area (Å²) in [6.45, 7) is 2.58. The molecule has 138 valence electrons. The zero-order valence-corrected chi connectivity index (χ0v) is 14.7. The molecule has 2 heterocycles. The molecule has 1 aliphatic heterocycles. The van der Waals surface area contributed by atoms with Gasteiger partial charge in [0.15, 0.2) is 0 Å². The van der Waals surface area contributed by atoms with Crippen LogP contribution in [-0.4, -0.2) is 22.2 Å². The molecule has 0 bridgehead atoms. The number of fused-ring (bicyclic) bond motifs is 1. The molecule has 0 aliphatic carbocycles. The van der Waals surface area contributed by atoms with Crippen molar-refractivity contribution in [3.8, 4) is 11.3 Å². The van der Waals surface area contributed by atoms with Gasteiger partial charge in [0.2, 0.25) is 0 Å². The lowest BCUT2D eigenvalue weighted by Gasteiger charge is -2.25. The van der Waals surface area contributed by atoms with E-state index in [1.54, 1.807) is 10.7 Å². The van der Waals surface area contributed by atoms with E-state index in [9.17, 15) is 13.6 Å². The van der Waals surface area contributed by atoms with Crippen molar-refractivity contribution < 1.29 is 13.6 Å². The predicted octanol–water partition coefficient (Wildman–Crippen LogP) is 3.17. The van der Waals surface area contributed by atoms with Crippen LogP contribution in [0.25, 0.3) is 11.3 Å². The van der Waals surface area contributed by atoms with Crippen LogP contribution in [0, 0.1) is 18.6 Å². The third kappa shape index (κ3) is 3.59. The van der Waals surface area contributed by atoms with E-state index < -0.39 is 11.6 Å². The molecule has 4 rings (SSSR count). The molecule has 5 nitrogen and oxygen atoms in total. The lowest BCUT2D eigenvalue weighted by Crippen LogP contribution is -2.45. The Kier molecular flexibility index (Phi) is 4.45. The second kappa shape index (κ2) is 6.92. The van der Waals surface area contributed by atoms with Crippen LogP contribution in [0.4, 0.5) is 8.78 Å². The van der Waals surface area contributed by atoms with E-state index in [1.165, 1.54) is 12.1 Å². The van der Waals surface area contributed by atoms with Gasteiger partial charge >= 0.3 is 0 Å². The molecule has 7 heteroatoms. The van der Waals surface area contributed by atoms with Crippen LogP contribution in [0.3, 0.4) is 0 Å². The first kappa shape index (κ1) is 17.4. The van der Waals surface area contributed by atoms with Crippen molar-refractivity contribution in [2.45, 2.75) is 19.6 Å². The molecule has 0 saturated heterocycles. The third-order valence-electron chi connectivity index (χ3n) is 4.53. The monoisotopic (exact) mass is 368 g/mol. The molecule has 2 aromatic carbocycles. The van der Waals surface area contributed by atoms with Gasteiger partial charge in [0.05, 0.1) is 12.2 Å². The highest BCUT2D eigenvalue weighted by Gasteiger charge is 2.27. The lowest BCUT2D eigenvalue weighted by atomic mass is 10.1. The molecule has 0 fully saturated rings. The van der Waals surface area contributed by atoms with Gasteiger partial charge in [-0.2, -0.15) is 5.10 Å². The van der Waals surface area contributed by atoms with E-state index >= 15 is 0 Å². The number of nitrogens with one attached hydrogen (secondary N) is 2. The highest BCUT2D eigenvalue weighted by atomic mass is 19.1. The summed E-state index contributed by atoms with van der Waals surface area (Å²) in [7, 11) is 0. The Labute approximate surface area is 155 Å². The minimum atomic E-state index is -0.620. The van der Waals surface area contributed by atoms with Crippen LogP contribution in [0.15, 0.2) is 48.5 Å². The largest absolute Gasteiger partial charge is 0.347 e. The SMILES string of the molecule is Cc1ccc(-c2cc3n(n2)[C@H](NCc2cc(F)cc(F)c2)CNC3=O)cc1. The summed E-state index contributed by atoms with van der Waals surface area (Å²) in [4.78, 5) is 12.2. The minimum absolute atomic E-state index is 0.198. The quantitative estimate of drug-likeness (QED) is 0.744. The summed E-state index contributed by atoms with van der Waals surface area (Å²) in [5.74, 6) is -1.44. The number of rotatable bonds is 4. The smallest absolute Gasteiger partial charge is 0.269 e. The molecule has 1 aliphatic rings. The van der Waals surface area contributed by atoms with Gasteiger partial charge in [-0.25, -0.2) is 13.5 Å². The van der Waals surface area contributed by atoms with Gasteiger partial charge in [0.25, 0.3) is 5.91 Å². The minimum Gasteiger partial charge on any atom is -0.347 e. The highest BCUT2D eigenvalue weighted by molar-refractivity contribution is 5.94. The van der Waals surface area contributed by atoms with Crippen molar-refractivity contribution >= 4 is 5.91 Å². The number of halogens is 2. The Morgan fingerprint density at radius 2 is 1.85 bits per heavy atom. The molecule has 0 saturated carbocycles. The summed E-state index contributed by atoms with van der Waals surface area (Å²) in [6.07, 6.45) is -0.316. The number of hydrogen-bond donors (Lipinski definition) is 2. The highest BCUT2D eigenvalue weighted by Crippen LogP contribution is 2.23. The van der Waals surface area contributed by atoms with E-state index in [0.29, 0.717) is 23.5 Å². The van der Waals surface area contributed by atoms with E-state index in [-0.39, 0.29) is 18.6 Å². The molecule has 0 unspecified atom stereocenters. The number of benzene rings is 2. The first-order valence-electron chi connectivity index (χ1n) is 8.63. The standard InChI is InChI=1S/C20H18F2N4O/c1-12-2-4-14(5-3-12)17-9-18-20(27)24-11-19(26(18)25-17)23-10-13-6-15(21)8-16(22)7-13/h2-9,19,23H,10-11H2,1H3,(H,24,27)/t19-/m0/s1. The van der Waals surface area contributed by atoms with Gasteiger partial charge in [-0.3, -0.25) is 10.1 Å². The zero-order valence-electron chi connectivity index (χ0n) is 14.7. The Balaban J connectivity index is 1.59. The van der Waals surface area contributed by atoms with Crippen LogP contribution in [0.5, 0.6) is 0 Å². The van der Waals surface area contributed by atoms with Crippen LogP contribution in [0.1, 0.15) is 27.8 Å². The van der Waals surface area contributed by atoms with E-state index in [0.717, 1.165) is 17.2 Å². The predicted molar refractivity (Wildman–Crippen MR) is 97.0 cm³/mol. The number of carbonyl (C=O) groups is 1. The second-order valence-electron chi connectivity index (χ2n) is 6.61. The van der Waals surface area contributed by atoms with Crippen molar-refractivity contribution in [3.05, 3.63) is 77.0 Å². The molecule has 2 N–H and O–H groups in total. The summed E-state index contributed by atoms with van der Waals surface area (Å²) < 4.78 is 28.4. The summed E-state index contributed by atoms with van der Waals surface area (Å²) in [5, 5.41) is 10.6. The number of hydrogen-bond acceptors (Lipinski definition) is 3. The van der Waals surface area contributed by atoms with Crippen LogP contribution in [-0.2, 0) is 6.54 Å². The van der Waals surface area contributed by atoms with Crippen molar-refractivity contribution in [1.29, 1.82) is 0 Å². The number of aromatic nitrogens is 2. The first-order valence-corrected chi connectivity index (χ1v) is 8.63. The number of nitrogens with zero attached hydrogens (tertiary/aromatic N) is 2. The van der Waals surface area contributed by atoms with E-state index in [1.807, 2.05) is 31.2 Å². The molecule has 1 atom stereocenters. The van der Waals surface area contributed by atoms with Crippen molar-refractivity contribution in [2.24, 2.45) is 0 Å². The van der Waals surface area contributed by atoms with Crippen LogP contribution < -0.4 is 10.6 Å². The number of amides is 1. The van der Waals surface area contributed by atoms with Crippen LogP contribution >= 0.6 is 0 Å².